The van der Waals surface area contributed by atoms with Crippen molar-refractivity contribution in [2.45, 2.75) is 56.3 Å². The fourth-order valence-corrected chi connectivity index (χ4v) is 14.2. The summed E-state index contributed by atoms with van der Waals surface area (Å²) in [5.41, 5.74) is 8.35. The van der Waals surface area contributed by atoms with E-state index in [4.69, 9.17) is 63.2 Å². The quantitative estimate of drug-likeness (QED) is 0.108. The number of aromatic nitrogens is 3. The van der Waals surface area contributed by atoms with E-state index in [0.717, 1.165) is 38.5 Å². The van der Waals surface area contributed by atoms with Crippen LogP contribution < -0.4 is 28.4 Å². The van der Waals surface area contributed by atoms with E-state index >= 15 is 14.4 Å². The molecule has 3 aliphatic heterocycles. The molecular formula is C66H63Cl3N6O9. The highest BCUT2D eigenvalue weighted by Crippen LogP contribution is 2.58. The van der Waals surface area contributed by atoms with Gasteiger partial charge >= 0.3 is 0 Å². The molecule has 0 radical (unpaired) electrons. The number of methoxy groups -OCH3 is 6. The molecule has 0 spiro atoms. The van der Waals surface area contributed by atoms with Crippen LogP contribution >= 0.6 is 34.8 Å². The second-order valence-electron chi connectivity index (χ2n) is 22.0. The molecule has 0 saturated carbocycles. The molecule has 18 heteroatoms. The number of halogens is 3. The molecule has 15 nitrogen and oxygen atoms in total. The van der Waals surface area contributed by atoms with Crippen molar-refractivity contribution in [2.24, 2.45) is 0 Å². The lowest BCUT2D eigenvalue weighted by molar-refractivity contribution is -0.131. The van der Waals surface area contributed by atoms with Gasteiger partial charge < -0.3 is 58.1 Å². The van der Waals surface area contributed by atoms with Gasteiger partial charge in [0.15, 0.2) is 0 Å². The summed E-state index contributed by atoms with van der Waals surface area (Å²) in [5, 5.41) is 3.30. The minimum Gasteiger partial charge on any atom is -0.496 e. The summed E-state index contributed by atoms with van der Waals surface area (Å²) in [6.45, 7) is 3.06. The van der Waals surface area contributed by atoms with Crippen LogP contribution in [0.2, 0.25) is 15.1 Å². The molecular weight excluding hydrogens is 1130 g/mol. The van der Waals surface area contributed by atoms with Gasteiger partial charge in [-0.2, -0.15) is 0 Å². The molecule has 3 N–H and O–H groups in total. The molecule has 1 aliphatic carbocycles. The van der Waals surface area contributed by atoms with Gasteiger partial charge in [-0.3, -0.25) is 14.4 Å². The number of hydrogen-bond acceptors (Lipinski definition) is 9. The number of H-pyrrole nitrogens is 3. The molecule has 3 unspecified atom stereocenters. The largest absolute Gasteiger partial charge is 0.496 e. The van der Waals surface area contributed by atoms with E-state index < -0.39 is 17.8 Å². The van der Waals surface area contributed by atoms with Crippen molar-refractivity contribution in [1.29, 1.82) is 0 Å². The highest BCUT2D eigenvalue weighted by molar-refractivity contribution is 6.31. The Morgan fingerprint density at radius 3 is 0.810 bits per heavy atom. The van der Waals surface area contributed by atoms with Crippen molar-refractivity contribution >= 4 is 85.2 Å². The lowest BCUT2D eigenvalue weighted by Crippen LogP contribution is -2.34. The SMILES string of the molecule is COc1cc(OC)c2c(-c3ccc(Cl)cc3)c3[nH]c2c1C(C(=O)N1CCCC1)c1[nH]c2c(c(OC)cc(OC)c2c1-c1ccc(Cl)cc1)C(C(=O)N1CCCC1)c1[nH]c2c(c(OC)cc(OC)c2c1-c1ccc(Cl)cc1)C3C(=O)N1CCCC1. The number of rotatable bonds is 12. The smallest absolute Gasteiger partial charge is 0.236 e. The molecule has 3 aromatic heterocycles. The fourth-order valence-electron chi connectivity index (χ4n) is 13.9. The van der Waals surface area contributed by atoms with E-state index in [2.05, 4.69) is 15.0 Å². The van der Waals surface area contributed by atoms with Crippen molar-refractivity contribution < 1.29 is 42.8 Å². The summed E-state index contributed by atoms with van der Waals surface area (Å²) in [7, 11) is 9.55. The van der Waals surface area contributed by atoms with Gasteiger partial charge in [0.1, 0.15) is 52.3 Å². The minimum absolute atomic E-state index is 0.202. The topological polar surface area (TPSA) is 164 Å². The van der Waals surface area contributed by atoms with E-state index in [-0.39, 0.29) is 17.7 Å². The minimum atomic E-state index is -1.17. The Bertz CT molecular complexity index is 3660. The molecule has 13 rings (SSSR count). The molecule has 12 bridgehead atoms. The Kier molecular flexibility index (Phi) is 14.6. The van der Waals surface area contributed by atoms with Crippen molar-refractivity contribution in [1.82, 2.24) is 29.7 Å². The molecule has 84 heavy (non-hydrogen) atoms. The lowest BCUT2D eigenvalue weighted by Gasteiger charge is -2.27. The third-order valence-corrected chi connectivity index (χ3v) is 18.4. The van der Waals surface area contributed by atoms with Gasteiger partial charge in [-0.05, 0) is 91.6 Å². The van der Waals surface area contributed by atoms with E-state index in [0.29, 0.717) is 189 Å². The molecule has 6 aromatic carbocycles. The molecule has 432 valence electrons. The molecule has 3 atom stereocenters. The number of amides is 3. The van der Waals surface area contributed by atoms with Crippen LogP contribution in [-0.4, -0.2) is 129 Å². The number of fused-ring (bicyclic) bond motifs is 3. The number of likely N-dealkylation sites (tertiary alicyclic amines) is 3. The predicted molar refractivity (Wildman–Crippen MR) is 329 cm³/mol. The normalized spacial score (nSPS) is 17.7. The Balaban J connectivity index is 1.33. The van der Waals surface area contributed by atoms with Crippen LogP contribution in [0.25, 0.3) is 66.1 Å². The number of nitrogens with one attached hydrogen (secondary N) is 3. The first-order chi connectivity index (χ1) is 40.9. The van der Waals surface area contributed by atoms with Gasteiger partial charge in [0.2, 0.25) is 17.7 Å². The Morgan fingerprint density at radius 1 is 0.369 bits per heavy atom. The second-order valence-corrected chi connectivity index (χ2v) is 23.3. The zero-order valence-electron chi connectivity index (χ0n) is 47.5. The first-order valence-corrected chi connectivity index (χ1v) is 29.6. The zero-order chi connectivity index (χ0) is 58.2. The van der Waals surface area contributed by atoms with Crippen molar-refractivity contribution in [2.75, 3.05) is 81.9 Å². The number of carbonyl (C=O) groups excluding carboxylic acids is 3. The van der Waals surface area contributed by atoms with E-state index in [1.807, 2.05) is 106 Å². The summed E-state index contributed by atoms with van der Waals surface area (Å²) in [4.78, 5) is 67.3. The Labute approximate surface area is 500 Å². The maximum Gasteiger partial charge on any atom is 0.236 e. The molecule has 3 amide bonds. The lowest BCUT2D eigenvalue weighted by atomic mass is 9.84. The van der Waals surface area contributed by atoms with Gasteiger partial charge in [-0.1, -0.05) is 71.2 Å². The maximum atomic E-state index is 16.6. The average molecular weight is 1190 g/mol. The zero-order valence-corrected chi connectivity index (χ0v) is 49.8. The van der Waals surface area contributed by atoms with E-state index in [9.17, 15) is 0 Å². The van der Waals surface area contributed by atoms with E-state index in [1.54, 1.807) is 42.7 Å². The molecule has 6 heterocycles. The summed E-state index contributed by atoms with van der Waals surface area (Å²) in [6.07, 6.45) is 4.83. The first-order valence-electron chi connectivity index (χ1n) is 28.5. The average Bonchev–Trinajstić information content (AvgIpc) is 1.97. The van der Waals surface area contributed by atoms with Crippen LogP contribution in [-0.2, 0) is 14.4 Å². The van der Waals surface area contributed by atoms with Crippen LogP contribution in [0, 0.1) is 0 Å². The molecule has 3 fully saturated rings. The van der Waals surface area contributed by atoms with Crippen LogP contribution in [0.4, 0.5) is 0 Å². The summed E-state index contributed by atoms with van der Waals surface area (Å²) in [5.74, 6) is -1.83. The number of benzene rings is 6. The van der Waals surface area contributed by atoms with Crippen LogP contribution in [0.3, 0.4) is 0 Å². The van der Waals surface area contributed by atoms with Gasteiger partial charge in [-0.25, -0.2) is 0 Å². The highest BCUT2D eigenvalue weighted by Gasteiger charge is 2.46. The second kappa shape index (κ2) is 22.2. The summed E-state index contributed by atoms with van der Waals surface area (Å²) in [6, 6.07) is 28.0. The van der Waals surface area contributed by atoms with Crippen molar-refractivity contribution in [3.8, 4) is 67.9 Å². The number of aromatic amines is 3. The van der Waals surface area contributed by atoms with Crippen LogP contribution in [0.5, 0.6) is 34.5 Å². The molecule has 3 saturated heterocycles. The van der Waals surface area contributed by atoms with Gasteiger partial charge in [-0.15, -0.1) is 0 Å². The monoisotopic (exact) mass is 1190 g/mol. The van der Waals surface area contributed by atoms with Crippen molar-refractivity contribution in [3.63, 3.8) is 0 Å². The summed E-state index contributed by atoms with van der Waals surface area (Å²) < 4.78 is 39.1. The van der Waals surface area contributed by atoms with Crippen molar-refractivity contribution in [3.05, 3.63) is 140 Å². The third kappa shape index (κ3) is 8.86. The predicted octanol–water partition coefficient (Wildman–Crippen LogP) is 13.7. The third-order valence-electron chi connectivity index (χ3n) is 17.7. The summed E-state index contributed by atoms with van der Waals surface area (Å²) >= 11 is 20.2. The van der Waals surface area contributed by atoms with Gasteiger partial charge in [0.05, 0.1) is 75.4 Å². The molecule has 4 aliphatic rings. The Morgan fingerprint density at radius 2 is 0.595 bits per heavy atom. The first kappa shape index (κ1) is 55.2. The maximum absolute atomic E-state index is 16.6. The number of nitrogens with zero attached hydrogens (tertiary/aromatic N) is 3. The van der Waals surface area contributed by atoms with Crippen LogP contribution in [0.1, 0.15) is 90.1 Å². The fraction of sp³-hybridized carbons (Fsp3) is 0.318. The Hall–Kier alpha value is -7.98. The standard InChI is InChI=1S/C66H63Cl3N6O9/c1-79-40-31-43(82-4)52-55(64(76)73-25-7-8-26-73)59-47(35-15-21-38(68)22-16-35)50-42(81-3)33-45(84-6)54(63(50)71-59)57(66(78)75-29-11-12-30-75)60-48(36-17-23-39(69)24-18-36)51-41(80-2)32-44(83-5)53(62(51)72-60)56(65(77)74-27-9-10-28-74)58-46(49(40)61(52)70-58)34-13-19-37(67)20-14-34/h13-24,31-33,55-57,70-72H,7-12,25-30H2,1-6H3. The number of carbonyl (C=O) groups is 3. The van der Waals surface area contributed by atoms with Gasteiger partial charge in [0, 0.05) is 123 Å². The van der Waals surface area contributed by atoms with E-state index in [1.165, 1.54) is 0 Å². The molecule has 9 aromatic rings. The highest BCUT2D eigenvalue weighted by atomic mass is 35.5. The number of hydrogen-bond donors (Lipinski definition) is 3. The number of ether oxygens (including phenoxy) is 6. The van der Waals surface area contributed by atoms with Gasteiger partial charge in [0.25, 0.3) is 0 Å². The van der Waals surface area contributed by atoms with Crippen LogP contribution in [0.15, 0.2) is 91.0 Å².